The second-order valence-corrected chi connectivity index (χ2v) is 3.74. The largest absolute Gasteiger partial charge is 0.464 e. The van der Waals surface area contributed by atoms with Crippen LogP contribution < -0.4 is 5.73 Å². The Morgan fingerprint density at radius 2 is 1.69 bits per heavy atom. The minimum absolute atomic E-state index is 0.755. The third kappa shape index (κ3) is 1.27. The number of rotatable bonds is 1. The van der Waals surface area contributed by atoms with Gasteiger partial charge in [-0.3, -0.25) is 0 Å². The lowest BCUT2D eigenvalue weighted by atomic mass is 10.0. The Balaban J connectivity index is 2.33. The summed E-state index contributed by atoms with van der Waals surface area (Å²) in [4.78, 5) is 0. The van der Waals surface area contributed by atoms with E-state index in [0.29, 0.717) is 0 Å². The summed E-state index contributed by atoms with van der Waals surface area (Å²) in [5.41, 5.74) is 9.74. The Hall–Kier alpha value is -2.22. The number of anilines is 1. The minimum atomic E-state index is 0.755. The van der Waals surface area contributed by atoms with Crippen molar-refractivity contribution in [2.75, 3.05) is 5.73 Å². The van der Waals surface area contributed by atoms with Gasteiger partial charge in [0.15, 0.2) is 0 Å². The highest BCUT2D eigenvalue weighted by Crippen LogP contribution is 2.33. The zero-order chi connectivity index (χ0) is 11.0. The molecule has 3 aromatic rings. The molecular formula is C14H11NO. The SMILES string of the molecule is Nc1cccc2occ(-c3ccccc3)c12. The molecule has 2 aromatic carbocycles. The van der Waals surface area contributed by atoms with Crippen molar-refractivity contribution in [1.29, 1.82) is 0 Å². The lowest BCUT2D eigenvalue weighted by Crippen LogP contribution is -1.85. The van der Waals surface area contributed by atoms with Crippen LogP contribution in [0.15, 0.2) is 59.2 Å². The van der Waals surface area contributed by atoms with Crippen molar-refractivity contribution in [1.82, 2.24) is 0 Å². The van der Waals surface area contributed by atoms with Crippen molar-refractivity contribution in [3.63, 3.8) is 0 Å². The van der Waals surface area contributed by atoms with Gasteiger partial charge >= 0.3 is 0 Å². The summed E-state index contributed by atoms with van der Waals surface area (Å²) >= 11 is 0. The van der Waals surface area contributed by atoms with Crippen molar-refractivity contribution < 1.29 is 4.42 Å². The quantitative estimate of drug-likeness (QED) is 0.621. The van der Waals surface area contributed by atoms with E-state index in [2.05, 4.69) is 12.1 Å². The Bertz CT molecular complexity index is 626. The molecule has 0 amide bonds. The fourth-order valence-corrected chi connectivity index (χ4v) is 1.95. The van der Waals surface area contributed by atoms with Gasteiger partial charge in [-0.05, 0) is 17.7 Å². The summed E-state index contributed by atoms with van der Waals surface area (Å²) < 4.78 is 5.50. The first-order chi connectivity index (χ1) is 7.86. The summed E-state index contributed by atoms with van der Waals surface area (Å²) in [5.74, 6) is 0. The summed E-state index contributed by atoms with van der Waals surface area (Å²) in [7, 11) is 0. The second kappa shape index (κ2) is 3.42. The molecule has 0 aliphatic rings. The van der Waals surface area contributed by atoms with Crippen molar-refractivity contribution in [3.8, 4) is 11.1 Å². The maximum atomic E-state index is 5.98. The smallest absolute Gasteiger partial charge is 0.136 e. The molecule has 0 saturated carbocycles. The molecule has 2 heteroatoms. The first-order valence-electron chi connectivity index (χ1n) is 5.17. The zero-order valence-corrected chi connectivity index (χ0v) is 8.68. The van der Waals surface area contributed by atoms with E-state index in [0.717, 1.165) is 27.8 Å². The lowest BCUT2D eigenvalue weighted by Gasteiger charge is -2.00. The van der Waals surface area contributed by atoms with E-state index in [1.807, 2.05) is 36.4 Å². The average Bonchev–Trinajstić information content (AvgIpc) is 2.75. The fraction of sp³-hybridized carbons (Fsp3) is 0. The molecule has 0 spiro atoms. The van der Waals surface area contributed by atoms with Gasteiger partial charge in [0.25, 0.3) is 0 Å². The monoisotopic (exact) mass is 209 g/mol. The Kier molecular flexibility index (Phi) is 1.93. The van der Waals surface area contributed by atoms with Gasteiger partial charge in [0.05, 0.1) is 11.6 Å². The highest BCUT2D eigenvalue weighted by molar-refractivity contribution is 6.01. The number of hydrogen-bond donors (Lipinski definition) is 1. The van der Waals surface area contributed by atoms with Gasteiger partial charge in [0.1, 0.15) is 5.58 Å². The van der Waals surface area contributed by atoms with Gasteiger partial charge in [-0.1, -0.05) is 36.4 Å². The predicted molar refractivity (Wildman–Crippen MR) is 66.1 cm³/mol. The van der Waals surface area contributed by atoms with Crippen LogP contribution >= 0.6 is 0 Å². The standard InChI is InChI=1S/C14H11NO/c15-12-7-4-8-13-14(12)11(9-16-13)10-5-2-1-3-6-10/h1-9H,15H2. The van der Waals surface area contributed by atoms with Crippen LogP contribution in [0.25, 0.3) is 22.1 Å². The molecule has 2 N–H and O–H groups in total. The summed E-state index contributed by atoms with van der Waals surface area (Å²) in [6.07, 6.45) is 1.76. The molecule has 1 heterocycles. The van der Waals surface area contributed by atoms with Gasteiger partial charge in [0.2, 0.25) is 0 Å². The molecule has 0 unspecified atom stereocenters. The lowest BCUT2D eigenvalue weighted by molar-refractivity contribution is 0.617. The van der Waals surface area contributed by atoms with Crippen molar-refractivity contribution in [3.05, 3.63) is 54.8 Å². The van der Waals surface area contributed by atoms with Crippen LogP contribution in [0, 0.1) is 0 Å². The normalized spacial score (nSPS) is 10.8. The maximum absolute atomic E-state index is 5.98. The highest BCUT2D eigenvalue weighted by atomic mass is 16.3. The van der Waals surface area contributed by atoms with Crippen LogP contribution in [0.1, 0.15) is 0 Å². The van der Waals surface area contributed by atoms with Crippen LogP contribution in [0.3, 0.4) is 0 Å². The van der Waals surface area contributed by atoms with E-state index in [9.17, 15) is 0 Å². The van der Waals surface area contributed by atoms with Gasteiger partial charge < -0.3 is 10.2 Å². The molecule has 3 rings (SSSR count). The molecular weight excluding hydrogens is 198 g/mol. The summed E-state index contributed by atoms with van der Waals surface area (Å²) in [5, 5.41) is 0.994. The van der Waals surface area contributed by atoms with E-state index in [4.69, 9.17) is 10.2 Å². The van der Waals surface area contributed by atoms with Crippen LogP contribution in [-0.4, -0.2) is 0 Å². The van der Waals surface area contributed by atoms with E-state index >= 15 is 0 Å². The molecule has 78 valence electrons. The van der Waals surface area contributed by atoms with E-state index < -0.39 is 0 Å². The van der Waals surface area contributed by atoms with Crippen LogP contribution in [0.2, 0.25) is 0 Å². The number of furan rings is 1. The second-order valence-electron chi connectivity index (χ2n) is 3.74. The third-order valence-corrected chi connectivity index (χ3v) is 2.72. The summed E-state index contributed by atoms with van der Waals surface area (Å²) in [6, 6.07) is 15.8. The third-order valence-electron chi connectivity index (χ3n) is 2.72. The van der Waals surface area contributed by atoms with Crippen LogP contribution in [0.5, 0.6) is 0 Å². The molecule has 0 aliphatic heterocycles. The predicted octanol–water partition coefficient (Wildman–Crippen LogP) is 3.68. The number of benzene rings is 2. The molecule has 16 heavy (non-hydrogen) atoms. The van der Waals surface area contributed by atoms with Gasteiger partial charge in [-0.25, -0.2) is 0 Å². The minimum Gasteiger partial charge on any atom is -0.464 e. The molecule has 0 aliphatic carbocycles. The van der Waals surface area contributed by atoms with E-state index in [1.54, 1.807) is 6.26 Å². The average molecular weight is 209 g/mol. The van der Waals surface area contributed by atoms with Gasteiger partial charge in [-0.2, -0.15) is 0 Å². The number of fused-ring (bicyclic) bond motifs is 1. The van der Waals surface area contributed by atoms with Crippen molar-refractivity contribution >= 4 is 16.7 Å². The van der Waals surface area contributed by atoms with Crippen LogP contribution in [0.4, 0.5) is 5.69 Å². The number of nitrogen functional groups attached to an aromatic ring is 1. The van der Waals surface area contributed by atoms with Gasteiger partial charge in [-0.15, -0.1) is 0 Å². The molecule has 0 atom stereocenters. The molecule has 1 aromatic heterocycles. The Morgan fingerprint density at radius 3 is 2.50 bits per heavy atom. The van der Waals surface area contributed by atoms with E-state index in [-0.39, 0.29) is 0 Å². The molecule has 0 bridgehead atoms. The first kappa shape index (κ1) is 9.04. The molecule has 2 nitrogen and oxygen atoms in total. The molecule has 0 radical (unpaired) electrons. The first-order valence-corrected chi connectivity index (χ1v) is 5.17. The molecule has 0 saturated heterocycles. The molecule has 0 fully saturated rings. The fourth-order valence-electron chi connectivity index (χ4n) is 1.95. The van der Waals surface area contributed by atoms with Crippen molar-refractivity contribution in [2.24, 2.45) is 0 Å². The maximum Gasteiger partial charge on any atom is 0.136 e. The zero-order valence-electron chi connectivity index (χ0n) is 8.68. The van der Waals surface area contributed by atoms with Crippen molar-refractivity contribution in [2.45, 2.75) is 0 Å². The number of nitrogens with two attached hydrogens (primary N) is 1. The Labute approximate surface area is 93.3 Å². The highest BCUT2D eigenvalue weighted by Gasteiger charge is 2.09. The van der Waals surface area contributed by atoms with E-state index in [1.165, 1.54) is 0 Å². The Morgan fingerprint density at radius 1 is 0.875 bits per heavy atom. The topological polar surface area (TPSA) is 39.2 Å². The van der Waals surface area contributed by atoms with Crippen LogP contribution in [-0.2, 0) is 0 Å². The number of hydrogen-bond acceptors (Lipinski definition) is 2. The summed E-state index contributed by atoms with van der Waals surface area (Å²) in [6.45, 7) is 0. The van der Waals surface area contributed by atoms with Gasteiger partial charge in [0, 0.05) is 11.3 Å².